The summed E-state index contributed by atoms with van der Waals surface area (Å²) in [6, 6.07) is 7.52. The molecule has 3 aromatic rings. The van der Waals surface area contributed by atoms with E-state index in [1.165, 1.54) is 12.8 Å². The summed E-state index contributed by atoms with van der Waals surface area (Å²) in [7, 11) is 5.17. The largest absolute Gasteiger partial charge is 0.507 e. The molecule has 35 heavy (non-hydrogen) atoms. The van der Waals surface area contributed by atoms with E-state index in [2.05, 4.69) is 51.3 Å². The zero-order chi connectivity index (χ0) is 24.8. The molecule has 2 saturated heterocycles. The molecule has 2 bridgehead atoms. The molecule has 0 amide bonds. The van der Waals surface area contributed by atoms with Crippen LogP contribution in [-0.2, 0) is 0 Å². The number of benzene rings is 1. The number of aromatic hydroxyl groups is 1. The predicted octanol–water partition coefficient (Wildman–Crippen LogP) is 3.82. The van der Waals surface area contributed by atoms with Crippen molar-refractivity contribution in [1.82, 2.24) is 25.5 Å². The van der Waals surface area contributed by atoms with Crippen LogP contribution < -0.4 is 19.7 Å². The third-order valence-electron chi connectivity index (χ3n) is 7.47. The van der Waals surface area contributed by atoms with Crippen LogP contribution in [0.4, 0.5) is 5.82 Å². The van der Waals surface area contributed by atoms with E-state index in [1.807, 2.05) is 12.1 Å². The quantitative estimate of drug-likeness (QED) is 0.549. The fraction of sp³-hybridized carbons (Fsp3) is 0.462. The third kappa shape index (κ3) is 4.36. The van der Waals surface area contributed by atoms with Crippen LogP contribution in [0.5, 0.6) is 17.4 Å². The molecule has 2 aliphatic rings. The number of pyridine rings is 1. The first-order chi connectivity index (χ1) is 16.7. The number of ether oxygens (including phenoxy) is 2. The molecule has 0 spiro atoms. The van der Waals surface area contributed by atoms with Crippen molar-refractivity contribution >= 4 is 5.82 Å². The topological polar surface area (TPSA) is 106 Å². The molecule has 2 fully saturated rings. The normalized spacial score (nSPS) is 25.3. The molecular formula is C26H32N6O3. The van der Waals surface area contributed by atoms with Gasteiger partial charge in [-0.3, -0.25) is 0 Å². The maximum atomic E-state index is 10.7. The molecule has 184 valence electrons. The molecule has 2 N–H and O–H groups in total. The minimum Gasteiger partial charge on any atom is -0.507 e. The lowest BCUT2D eigenvalue weighted by Crippen LogP contribution is -2.58. The van der Waals surface area contributed by atoms with Crippen molar-refractivity contribution in [2.75, 3.05) is 26.2 Å². The number of hydrogen-bond donors (Lipinski definition) is 2. The number of rotatable bonds is 6. The van der Waals surface area contributed by atoms with Crippen molar-refractivity contribution in [3.8, 4) is 39.9 Å². The van der Waals surface area contributed by atoms with Crippen molar-refractivity contribution in [3.63, 3.8) is 0 Å². The molecule has 2 aromatic heterocycles. The molecule has 2 aliphatic heterocycles. The van der Waals surface area contributed by atoms with Gasteiger partial charge >= 0.3 is 0 Å². The van der Waals surface area contributed by atoms with Crippen molar-refractivity contribution < 1.29 is 14.6 Å². The van der Waals surface area contributed by atoms with Gasteiger partial charge in [0.15, 0.2) is 17.4 Å². The Morgan fingerprint density at radius 2 is 1.71 bits per heavy atom. The third-order valence-corrected chi connectivity index (χ3v) is 7.47. The minimum atomic E-state index is 0.0657. The number of nitrogens with zero attached hydrogens (tertiary/aromatic N) is 5. The number of aromatic nitrogens is 4. The average Bonchev–Trinajstić information content (AvgIpc) is 3.09. The molecular weight excluding hydrogens is 444 g/mol. The number of nitrogens with one attached hydrogen (secondary N) is 1. The summed E-state index contributed by atoms with van der Waals surface area (Å²) in [5.74, 6) is 2.10. The first-order valence-electron chi connectivity index (χ1n) is 11.9. The van der Waals surface area contributed by atoms with Crippen LogP contribution in [0.25, 0.3) is 22.5 Å². The highest BCUT2D eigenvalue weighted by Crippen LogP contribution is 2.43. The molecule has 9 nitrogen and oxygen atoms in total. The molecule has 0 unspecified atom stereocenters. The number of anilines is 1. The molecule has 4 heterocycles. The summed E-state index contributed by atoms with van der Waals surface area (Å²) in [5, 5.41) is 23.3. The van der Waals surface area contributed by atoms with Gasteiger partial charge < -0.3 is 24.8 Å². The van der Waals surface area contributed by atoms with Crippen LogP contribution in [0.3, 0.4) is 0 Å². The van der Waals surface area contributed by atoms with E-state index < -0.39 is 0 Å². The number of phenolic OH excluding ortho intramolecular Hbond substituents is 1. The Morgan fingerprint density at radius 3 is 2.31 bits per heavy atom. The van der Waals surface area contributed by atoms with Crippen molar-refractivity contribution in [2.24, 2.45) is 0 Å². The van der Waals surface area contributed by atoms with Crippen molar-refractivity contribution in [3.05, 3.63) is 36.7 Å². The van der Waals surface area contributed by atoms with Gasteiger partial charge in [0.1, 0.15) is 5.75 Å². The fourth-order valence-corrected chi connectivity index (χ4v) is 5.63. The zero-order valence-corrected chi connectivity index (χ0v) is 20.9. The van der Waals surface area contributed by atoms with Gasteiger partial charge in [0, 0.05) is 35.9 Å². The summed E-state index contributed by atoms with van der Waals surface area (Å²) in [6.07, 6.45) is 7.94. The Morgan fingerprint density at radius 1 is 0.971 bits per heavy atom. The van der Waals surface area contributed by atoms with Crippen LogP contribution in [-0.4, -0.2) is 63.7 Å². The number of methoxy groups -OCH3 is 2. The van der Waals surface area contributed by atoms with Crippen LogP contribution in [0, 0.1) is 0 Å². The monoisotopic (exact) mass is 476 g/mol. The average molecular weight is 477 g/mol. The molecule has 0 aliphatic carbocycles. The molecule has 1 aromatic carbocycles. The van der Waals surface area contributed by atoms with Gasteiger partial charge in [-0.2, -0.15) is 0 Å². The van der Waals surface area contributed by atoms with E-state index in [-0.39, 0.29) is 16.8 Å². The van der Waals surface area contributed by atoms with Crippen LogP contribution >= 0.6 is 0 Å². The summed E-state index contributed by atoms with van der Waals surface area (Å²) in [5.41, 5.74) is 2.43. The lowest BCUT2D eigenvalue weighted by atomic mass is 9.84. The molecule has 0 saturated carbocycles. The van der Waals surface area contributed by atoms with Gasteiger partial charge in [-0.1, -0.05) is 6.07 Å². The Kier molecular flexibility index (Phi) is 5.75. The van der Waals surface area contributed by atoms with E-state index in [9.17, 15) is 5.11 Å². The Labute approximate surface area is 205 Å². The summed E-state index contributed by atoms with van der Waals surface area (Å²) in [6.45, 7) is 4.63. The van der Waals surface area contributed by atoms with Crippen molar-refractivity contribution in [2.45, 2.75) is 56.7 Å². The van der Waals surface area contributed by atoms with E-state index in [0.29, 0.717) is 29.1 Å². The SMILES string of the molecule is COc1cc(-c2ccc(-c3ncc(N(C)[C@H]4C[C@]5(C)CC[C@](C)(C4)N5)nn3)c(O)c2)cnc1OC. The maximum Gasteiger partial charge on any atom is 0.256 e. The summed E-state index contributed by atoms with van der Waals surface area (Å²) in [4.78, 5) is 11.0. The summed E-state index contributed by atoms with van der Waals surface area (Å²) >= 11 is 0. The van der Waals surface area contributed by atoms with Gasteiger partial charge in [0.25, 0.3) is 5.88 Å². The highest BCUT2D eigenvalue weighted by Gasteiger charge is 2.49. The molecule has 3 atom stereocenters. The second-order valence-electron chi connectivity index (χ2n) is 10.2. The highest BCUT2D eigenvalue weighted by atomic mass is 16.5. The first kappa shape index (κ1) is 23.3. The standard InChI is InChI=1S/C26H32N6O3/c1-25-8-9-26(2,31-25)13-18(12-25)32(3)22-15-27-23(30-29-22)19-7-6-16(10-20(19)33)17-11-21(34-4)24(35-5)28-14-17/h6-7,10-11,14-15,18,31,33H,8-9,12-13H2,1-5H3/t18-,25-,26+. The molecule has 9 heteroatoms. The molecule has 0 radical (unpaired) electrons. The van der Waals surface area contributed by atoms with Gasteiger partial charge in [0.2, 0.25) is 0 Å². The Bertz CT molecular complexity index is 1220. The lowest BCUT2D eigenvalue weighted by molar-refractivity contribution is 0.207. The number of fused-ring (bicyclic) bond motifs is 2. The number of phenols is 1. The van der Waals surface area contributed by atoms with Crippen LogP contribution in [0.2, 0.25) is 0 Å². The van der Waals surface area contributed by atoms with E-state index in [4.69, 9.17) is 9.47 Å². The van der Waals surface area contributed by atoms with E-state index in [0.717, 1.165) is 29.8 Å². The fourth-order valence-electron chi connectivity index (χ4n) is 5.63. The predicted molar refractivity (Wildman–Crippen MR) is 134 cm³/mol. The van der Waals surface area contributed by atoms with Gasteiger partial charge in [-0.25, -0.2) is 9.97 Å². The number of hydrogen-bond acceptors (Lipinski definition) is 9. The Hall–Kier alpha value is -3.46. The second kappa shape index (κ2) is 8.64. The van der Waals surface area contributed by atoms with Crippen molar-refractivity contribution in [1.29, 1.82) is 0 Å². The maximum absolute atomic E-state index is 10.7. The van der Waals surface area contributed by atoms with Crippen LogP contribution in [0.15, 0.2) is 36.7 Å². The minimum absolute atomic E-state index is 0.0657. The lowest BCUT2D eigenvalue weighted by Gasteiger charge is -2.45. The van der Waals surface area contributed by atoms with Gasteiger partial charge in [-0.15, -0.1) is 10.2 Å². The molecule has 5 rings (SSSR count). The zero-order valence-electron chi connectivity index (χ0n) is 20.9. The van der Waals surface area contributed by atoms with Gasteiger partial charge in [0.05, 0.1) is 26.0 Å². The Balaban J connectivity index is 1.35. The van der Waals surface area contributed by atoms with E-state index >= 15 is 0 Å². The van der Waals surface area contributed by atoms with Crippen LogP contribution in [0.1, 0.15) is 39.5 Å². The van der Waals surface area contributed by atoms with Gasteiger partial charge in [-0.05, 0) is 63.3 Å². The summed E-state index contributed by atoms with van der Waals surface area (Å²) < 4.78 is 10.5. The number of piperidine rings is 1. The van der Waals surface area contributed by atoms with E-state index in [1.54, 1.807) is 38.7 Å². The smallest absolute Gasteiger partial charge is 0.256 e. The first-order valence-corrected chi connectivity index (χ1v) is 11.9. The second-order valence-corrected chi connectivity index (χ2v) is 10.2. The highest BCUT2D eigenvalue weighted by molar-refractivity contribution is 5.73.